The molecule has 1 atom stereocenters. The van der Waals surface area contributed by atoms with Crippen molar-refractivity contribution in [2.75, 3.05) is 6.54 Å². The molecule has 1 N–H and O–H groups in total. The smallest absolute Gasteiger partial charge is 0.314 e. The van der Waals surface area contributed by atoms with E-state index < -0.39 is 0 Å². The molecule has 0 amide bonds. The summed E-state index contributed by atoms with van der Waals surface area (Å²) in [7, 11) is 0. The number of carbonyl (C=O) groups excluding carboxylic acids is 2. The summed E-state index contributed by atoms with van der Waals surface area (Å²) in [6.45, 7) is 12.3. The zero-order valence-electron chi connectivity index (χ0n) is 9.31. The predicted molar refractivity (Wildman–Crippen MR) is 52.2 cm³/mol. The molecule has 0 aromatic carbocycles. The Morgan fingerprint density at radius 2 is 1.69 bits per heavy atom. The Kier molecular flexibility index (Phi) is 9.09. The molecule has 3 nitrogen and oxygen atoms in total. The molecule has 0 aromatic rings. The van der Waals surface area contributed by atoms with E-state index in [4.69, 9.17) is 9.59 Å². The zero-order valence-corrected chi connectivity index (χ0v) is 9.31. The van der Waals surface area contributed by atoms with E-state index in [1.807, 2.05) is 0 Å². The molecular weight excluding hydrogens is 166 g/mol. The summed E-state index contributed by atoms with van der Waals surface area (Å²) in [4.78, 5) is 16.2. The summed E-state index contributed by atoms with van der Waals surface area (Å²) in [5.41, 5.74) is 0.420. The van der Waals surface area contributed by atoms with Gasteiger partial charge in [-0.25, -0.2) is 0 Å². The summed E-state index contributed by atoms with van der Waals surface area (Å²) in [5.74, 6) is 0. The minimum Gasteiger partial charge on any atom is -0.314 e. The largest absolute Gasteiger partial charge is 0.373 e. The number of hydrogen-bond donors (Lipinski definition) is 1. The van der Waals surface area contributed by atoms with Gasteiger partial charge in [-0.05, 0) is 18.8 Å². The average Bonchev–Trinajstić information content (AvgIpc) is 2.00. The van der Waals surface area contributed by atoms with Crippen molar-refractivity contribution in [1.29, 1.82) is 0 Å². The van der Waals surface area contributed by atoms with Crippen molar-refractivity contribution < 1.29 is 9.59 Å². The van der Waals surface area contributed by atoms with E-state index >= 15 is 0 Å². The van der Waals surface area contributed by atoms with Crippen molar-refractivity contribution in [3.63, 3.8) is 0 Å². The lowest BCUT2D eigenvalue weighted by molar-refractivity contribution is -0.191. The van der Waals surface area contributed by atoms with E-state index in [1.165, 1.54) is 6.42 Å². The number of nitrogens with one attached hydrogen (secondary N) is 1. The van der Waals surface area contributed by atoms with E-state index in [1.54, 1.807) is 0 Å². The van der Waals surface area contributed by atoms with Crippen LogP contribution < -0.4 is 5.32 Å². The lowest BCUT2D eigenvalue weighted by Gasteiger charge is -2.21. The zero-order chi connectivity index (χ0) is 10.9. The highest BCUT2D eigenvalue weighted by molar-refractivity contribution is 5.20. The quantitative estimate of drug-likeness (QED) is 0.733. The number of rotatable bonds is 3. The van der Waals surface area contributed by atoms with Gasteiger partial charge in [0.15, 0.2) is 0 Å². The monoisotopic (exact) mass is 187 g/mol. The van der Waals surface area contributed by atoms with Crippen molar-refractivity contribution in [1.82, 2.24) is 5.32 Å². The summed E-state index contributed by atoms with van der Waals surface area (Å²) < 4.78 is 0. The second-order valence-corrected chi connectivity index (χ2v) is 4.33. The molecule has 0 aromatic heterocycles. The maximum atomic E-state index is 8.12. The minimum atomic E-state index is 0.250. The van der Waals surface area contributed by atoms with Crippen LogP contribution in [0.2, 0.25) is 0 Å². The molecule has 0 spiro atoms. The summed E-state index contributed by atoms with van der Waals surface area (Å²) in [6, 6.07) is 0.666. The third-order valence-corrected chi connectivity index (χ3v) is 1.59. The first-order chi connectivity index (χ1) is 5.87. The van der Waals surface area contributed by atoms with Crippen molar-refractivity contribution in [3.8, 4) is 0 Å². The van der Waals surface area contributed by atoms with Crippen molar-refractivity contribution in [2.45, 2.75) is 47.1 Å². The minimum absolute atomic E-state index is 0.250. The van der Waals surface area contributed by atoms with Crippen molar-refractivity contribution in [3.05, 3.63) is 0 Å². The van der Waals surface area contributed by atoms with E-state index in [9.17, 15) is 0 Å². The van der Waals surface area contributed by atoms with E-state index in [0.29, 0.717) is 11.5 Å². The molecule has 13 heavy (non-hydrogen) atoms. The third kappa shape index (κ3) is 18.4. The van der Waals surface area contributed by atoms with E-state index in [2.05, 4.69) is 39.9 Å². The predicted octanol–water partition coefficient (Wildman–Crippen LogP) is 1.84. The van der Waals surface area contributed by atoms with E-state index in [-0.39, 0.29) is 6.15 Å². The van der Waals surface area contributed by atoms with Gasteiger partial charge < -0.3 is 5.32 Å². The molecule has 78 valence electrons. The highest BCUT2D eigenvalue weighted by atomic mass is 16.2. The van der Waals surface area contributed by atoms with Gasteiger partial charge in [0.25, 0.3) is 0 Å². The first kappa shape index (κ1) is 14.8. The van der Waals surface area contributed by atoms with Crippen LogP contribution in [0.25, 0.3) is 0 Å². The fourth-order valence-electron chi connectivity index (χ4n) is 0.625. The molecule has 0 rings (SSSR count). The maximum Gasteiger partial charge on any atom is 0.373 e. The van der Waals surface area contributed by atoms with Crippen LogP contribution in [-0.2, 0) is 9.59 Å². The molecule has 0 radical (unpaired) electrons. The van der Waals surface area contributed by atoms with E-state index in [0.717, 1.165) is 6.54 Å². The summed E-state index contributed by atoms with van der Waals surface area (Å²) in [5, 5.41) is 3.47. The SMILES string of the molecule is CC[C@@H](C)NCC(C)(C)C.O=C=O. The Bertz CT molecular complexity index is 143. The van der Waals surface area contributed by atoms with Gasteiger partial charge in [0.05, 0.1) is 0 Å². The summed E-state index contributed by atoms with van der Waals surface area (Å²) >= 11 is 0. The molecule has 0 aliphatic rings. The molecule has 0 saturated carbocycles. The molecule has 3 heteroatoms. The second-order valence-electron chi connectivity index (χ2n) is 4.33. The standard InChI is InChI=1S/C9H21N.CO2/c1-6-8(2)10-7-9(3,4)5;2-1-3/h8,10H,6-7H2,1-5H3;/t8-;/m1./s1. The van der Waals surface area contributed by atoms with Crippen molar-refractivity contribution >= 4 is 6.15 Å². The van der Waals surface area contributed by atoms with Gasteiger partial charge in [0.1, 0.15) is 0 Å². The highest BCUT2D eigenvalue weighted by Crippen LogP contribution is 2.10. The van der Waals surface area contributed by atoms with Crippen LogP contribution in [0.5, 0.6) is 0 Å². The van der Waals surface area contributed by atoms with Crippen LogP contribution in [0.15, 0.2) is 0 Å². The number of hydrogen-bond acceptors (Lipinski definition) is 3. The third-order valence-electron chi connectivity index (χ3n) is 1.59. The second kappa shape index (κ2) is 7.96. The van der Waals surface area contributed by atoms with Crippen LogP contribution in [0.3, 0.4) is 0 Å². The van der Waals surface area contributed by atoms with Crippen LogP contribution in [0.1, 0.15) is 41.0 Å². The van der Waals surface area contributed by atoms with Gasteiger partial charge in [0, 0.05) is 12.6 Å². The molecule has 0 fully saturated rings. The lowest BCUT2D eigenvalue weighted by Crippen LogP contribution is -2.33. The first-order valence-electron chi connectivity index (χ1n) is 4.60. The maximum absolute atomic E-state index is 8.12. The van der Waals surface area contributed by atoms with Crippen molar-refractivity contribution in [2.24, 2.45) is 5.41 Å². The molecule has 0 saturated heterocycles. The Morgan fingerprint density at radius 1 is 1.31 bits per heavy atom. The average molecular weight is 187 g/mol. The topological polar surface area (TPSA) is 46.2 Å². The first-order valence-corrected chi connectivity index (χ1v) is 4.60. The van der Waals surface area contributed by atoms with Crippen LogP contribution >= 0.6 is 0 Å². The van der Waals surface area contributed by atoms with Crippen LogP contribution in [-0.4, -0.2) is 18.7 Å². The lowest BCUT2D eigenvalue weighted by atomic mass is 9.96. The Morgan fingerprint density at radius 3 is 1.92 bits per heavy atom. The van der Waals surface area contributed by atoms with Gasteiger partial charge in [-0.3, -0.25) is 0 Å². The molecule has 0 bridgehead atoms. The van der Waals surface area contributed by atoms with Gasteiger partial charge >= 0.3 is 6.15 Å². The Labute approximate surface area is 80.9 Å². The molecule has 0 aliphatic carbocycles. The Balaban J connectivity index is 0. The highest BCUT2D eigenvalue weighted by Gasteiger charge is 2.10. The molecular formula is C10H21NO2. The van der Waals surface area contributed by atoms with Gasteiger partial charge in [-0.15, -0.1) is 0 Å². The summed E-state index contributed by atoms with van der Waals surface area (Å²) in [6.07, 6.45) is 1.47. The van der Waals surface area contributed by atoms with Crippen LogP contribution in [0.4, 0.5) is 0 Å². The van der Waals surface area contributed by atoms with Gasteiger partial charge in [-0.2, -0.15) is 9.59 Å². The fraction of sp³-hybridized carbons (Fsp3) is 0.900. The van der Waals surface area contributed by atoms with Gasteiger partial charge in [0.2, 0.25) is 0 Å². The fourth-order valence-corrected chi connectivity index (χ4v) is 0.625. The van der Waals surface area contributed by atoms with Crippen LogP contribution in [0, 0.1) is 5.41 Å². The normalized spacial score (nSPS) is 12.4. The Hall–Kier alpha value is -0.660. The molecule has 0 aliphatic heterocycles. The molecule has 0 heterocycles. The molecule has 0 unspecified atom stereocenters. The van der Waals surface area contributed by atoms with Gasteiger partial charge in [-0.1, -0.05) is 27.7 Å².